The molecule has 1 unspecified atom stereocenters. The first-order chi connectivity index (χ1) is 9.04. The molecule has 0 radical (unpaired) electrons. The summed E-state index contributed by atoms with van der Waals surface area (Å²) < 4.78 is 14.6. The van der Waals surface area contributed by atoms with E-state index in [9.17, 15) is 4.39 Å². The zero-order valence-corrected chi connectivity index (χ0v) is 13.6. The molecule has 0 saturated carbocycles. The molecule has 0 bridgehead atoms. The highest BCUT2D eigenvalue weighted by Crippen LogP contribution is 2.32. The van der Waals surface area contributed by atoms with Crippen molar-refractivity contribution in [1.29, 1.82) is 0 Å². The molecular formula is C15H14ClFIN. The molecule has 0 spiro atoms. The lowest BCUT2D eigenvalue weighted by Gasteiger charge is -2.21. The lowest BCUT2D eigenvalue weighted by molar-refractivity contribution is 0.616. The molecule has 1 N–H and O–H groups in total. The highest BCUT2D eigenvalue weighted by molar-refractivity contribution is 14.1. The molecule has 2 rings (SSSR count). The van der Waals surface area contributed by atoms with Gasteiger partial charge in [0.1, 0.15) is 5.82 Å². The summed E-state index contributed by atoms with van der Waals surface area (Å²) in [4.78, 5) is 0. The van der Waals surface area contributed by atoms with Gasteiger partial charge in [-0.15, -0.1) is 0 Å². The Kier molecular flexibility index (Phi) is 4.81. The SMILES string of the molecule is CNC(c1cc(F)ccc1Cl)c1cccc(C)c1I. The van der Waals surface area contributed by atoms with Crippen LogP contribution in [-0.4, -0.2) is 7.05 Å². The molecule has 2 aromatic rings. The second-order valence-electron chi connectivity index (χ2n) is 4.37. The second-order valence-corrected chi connectivity index (χ2v) is 5.85. The van der Waals surface area contributed by atoms with Crippen LogP contribution in [0.4, 0.5) is 4.39 Å². The van der Waals surface area contributed by atoms with Gasteiger partial charge in [0.2, 0.25) is 0 Å². The number of hydrogen-bond acceptors (Lipinski definition) is 1. The van der Waals surface area contributed by atoms with Crippen molar-refractivity contribution < 1.29 is 4.39 Å². The Bertz CT molecular complexity index is 599. The first-order valence-corrected chi connectivity index (χ1v) is 7.37. The number of aryl methyl sites for hydroxylation is 1. The highest BCUT2D eigenvalue weighted by atomic mass is 127. The van der Waals surface area contributed by atoms with E-state index in [4.69, 9.17) is 11.6 Å². The van der Waals surface area contributed by atoms with E-state index in [1.165, 1.54) is 21.3 Å². The van der Waals surface area contributed by atoms with Crippen molar-refractivity contribution in [2.45, 2.75) is 13.0 Å². The number of nitrogens with one attached hydrogen (secondary N) is 1. The van der Waals surface area contributed by atoms with E-state index in [-0.39, 0.29) is 11.9 Å². The van der Waals surface area contributed by atoms with Gasteiger partial charge in [-0.3, -0.25) is 0 Å². The van der Waals surface area contributed by atoms with Gasteiger partial charge in [-0.05, 0) is 71.5 Å². The van der Waals surface area contributed by atoms with Crippen molar-refractivity contribution in [3.05, 3.63) is 67.5 Å². The van der Waals surface area contributed by atoms with Crippen LogP contribution >= 0.6 is 34.2 Å². The van der Waals surface area contributed by atoms with Crippen molar-refractivity contribution in [2.24, 2.45) is 0 Å². The molecule has 0 saturated heterocycles. The van der Waals surface area contributed by atoms with Gasteiger partial charge in [-0.1, -0.05) is 29.8 Å². The predicted octanol–water partition coefficient (Wildman–Crippen LogP) is 4.70. The molecule has 0 fully saturated rings. The minimum absolute atomic E-state index is 0.116. The van der Waals surface area contributed by atoms with E-state index in [2.05, 4.69) is 40.9 Å². The molecule has 0 heterocycles. The molecule has 4 heteroatoms. The lowest BCUT2D eigenvalue weighted by atomic mass is 9.97. The minimum atomic E-state index is -0.276. The average Bonchev–Trinajstić information content (AvgIpc) is 2.39. The van der Waals surface area contributed by atoms with E-state index in [1.807, 2.05) is 19.2 Å². The molecular weight excluding hydrogens is 376 g/mol. The molecule has 0 amide bonds. The summed E-state index contributed by atoms with van der Waals surface area (Å²) in [6, 6.07) is 10.4. The lowest BCUT2D eigenvalue weighted by Crippen LogP contribution is -2.19. The van der Waals surface area contributed by atoms with Gasteiger partial charge in [0.05, 0.1) is 6.04 Å². The molecule has 1 nitrogen and oxygen atoms in total. The summed E-state index contributed by atoms with van der Waals surface area (Å²) in [5.41, 5.74) is 3.06. The molecule has 0 aliphatic rings. The van der Waals surface area contributed by atoms with Crippen molar-refractivity contribution in [2.75, 3.05) is 7.05 Å². The fraction of sp³-hybridized carbons (Fsp3) is 0.200. The smallest absolute Gasteiger partial charge is 0.123 e. The maximum atomic E-state index is 13.5. The van der Waals surface area contributed by atoms with Crippen molar-refractivity contribution in [3.8, 4) is 0 Å². The first-order valence-electron chi connectivity index (χ1n) is 5.92. The summed E-state index contributed by atoms with van der Waals surface area (Å²) in [5, 5.41) is 3.78. The maximum absolute atomic E-state index is 13.5. The van der Waals surface area contributed by atoms with Crippen LogP contribution in [0, 0.1) is 16.3 Å². The van der Waals surface area contributed by atoms with Crippen LogP contribution in [0.3, 0.4) is 0 Å². The quantitative estimate of drug-likeness (QED) is 0.750. The summed E-state index contributed by atoms with van der Waals surface area (Å²) >= 11 is 8.52. The monoisotopic (exact) mass is 389 g/mol. The van der Waals surface area contributed by atoms with Gasteiger partial charge >= 0.3 is 0 Å². The highest BCUT2D eigenvalue weighted by Gasteiger charge is 2.18. The normalized spacial score (nSPS) is 12.5. The Labute approximate surface area is 131 Å². The van der Waals surface area contributed by atoms with Crippen LogP contribution < -0.4 is 5.32 Å². The third kappa shape index (κ3) is 3.09. The molecule has 1 atom stereocenters. The zero-order chi connectivity index (χ0) is 14.0. The fourth-order valence-corrected chi connectivity index (χ4v) is 3.01. The molecule has 19 heavy (non-hydrogen) atoms. The van der Waals surface area contributed by atoms with Crippen molar-refractivity contribution in [3.63, 3.8) is 0 Å². The van der Waals surface area contributed by atoms with Gasteiger partial charge in [-0.2, -0.15) is 0 Å². The van der Waals surface area contributed by atoms with Gasteiger partial charge < -0.3 is 5.32 Å². The van der Waals surface area contributed by atoms with Gasteiger partial charge in [0, 0.05) is 8.59 Å². The summed E-state index contributed by atoms with van der Waals surface area (Å²) in [6.45, 7) is 2.06. The van der Waals surface area contributed by atoms with Gasteiger partial charge in [-0.25, -0.2) is 4.39 Å². The van der Waals surface area contributed by atoms with Crippen LogP contribution in [0.2, 0.25) is 5.02 Å². The van der Waals surface area contributed by atoms with E-state index in [1.54, 1.807) is 6.07 Å². The molecule has 2 aromatic carbocycles. The number of hydrogen-bond donors (Lipinski definition) is 1. The van der Waals surface area contributed by atoms with Crippen molar-refractivity contribution in [1.82, 2.24) is 5.32 Å². The van der Waals surface area contributed by atoms with E-state index >= 15 is 0 Å². The Morgan fingerprint density at radius 3 is 2.63 bits per heavy atom. The molecule has 100 valence electrons. The van der Waals surface area contributed by atoms with Gasteiger partial charge in [0.25, 0.3) is 0 Å². The summed E-state index contributed by atoms with van der Waals surface area (Å²) in [6.07, 6.45) is 0. The zero-order valence-electron chi connectivity index (χ0n) is 10.7. The maximum Gasteiger partial charge on any atom is 0.123 e. The summed E-state index contributed by atoms with van der Waals surface area (Å²) in [5.74, 6) is -0.276. The van der Waals surface area contributed by atoms with Crippen LogP contribution in [0.25, 0.3) is 0 Å². The van der Waals surface area contributed by atoms with E-state index in [0.717, 1.165) is 11.1 Å². The summed E-state index contributed by atoms with van der Waals surface area (Å²) in [7, 11) is 1.85. The molecule has 0 aliphatic carbocycles. The fourth-order valence-electron chi connectivity index (χ4n) is 2.11. The topological polar surface area (TPSA) is 12.0 Å². The van der Waals surface area contributed by atoms with Crippen LogP contribution in [0.1, 0.15) is 22.7 Å². The van der Waals surface area contributed by atoms with E-state index < -0.39 is 0 Å². The third-order valence-corrected chi connectivity index (χ3v) is 4.91. The van der Waals surface area contributed by atoms with Crippen LogP contribution in [0.5, 0.6) is 0 Å². The Hall–Kier alpha value is -0.650. The molecule has 0 aliphatic heterocycles. The van der Waals surface area contributed by atoms with Crippen LogP contribution in [0.15, 0.2) is 36.4 Å². The Balaban J connectivity index is 2.56. The second kappa shape index (κ2) is 6.20. The minimum Gasteiger partial charge on any atom is -0.309 e. The standard InChI is InChI=1S/C15H14ClFIN/c1-9-4-3-5-11(14(9)18)15(19-2)12-8-10(17)6-7-13(12)16/h3-8,15,19H,1-2H3. The molecule has 0 aromatic heterocycles. The average molecular weight is 390 g/mol. The van der Waals surface area contributed by atoms with Gasteiger partial charge in [0.15, 0.2) is 0 Å². The van der Waals surface area contributed by atoms with Crippen LogP contribution in [-0.2, 0) is 0 Å². The number of halogens is 3. The predicted molar refractivity (Wildman–Crippen MR) is 86.2 cm³/mol. The number of benzene rings is 2. The Morgan fingerprint density at radius 1 is 1.21 bits per heavy atom. The number of rotatable bonds is 3. The first kappa shape index (κ1) is 14.8. The van der Waals surface area contributed by atoms with E-state index in [0.29, 0.717) is 5.02 Å². The largest absolute Gasteiger partial charge is 0.309 e. The Morgan fingerprint density at radius 2 is 1.95 bits per heavy atom. The van der Waals surface area contributed by atoms with Crippen molar-refractivity contribution >= 4 is 34.2 Å². The third-order valence-electron chi connectivity index (χ3n) is 3.09.